The fraction of sp³-hybridized carbons (Fsp3) is 0.526. The van der Waals surface area contributed by atoms with Crippen LogP contribution in [0, 0.1) is 0 Å². The first-order valence-corrected chi connectivity index (χ1v) is 10.7. The lowest BCUT2D eigenvalue weighted by atomic mass is 10.0. The molecule has 0 aliphatic heterocycles. The third kappa shape index (κ3) is 8.02. The maximum Gasteiger partial charge on any atom is 0.534 e. The summed E-state index contributed by atoms with van der Waals surface area (Å²) >= 11 is 0. The molecule has 0 saturated carbocycles. The maximum atomic E-state index is 12.6. The summed E-state index contributed by atoms with van der Waals surface area (Å²) in [7, 11) is -6.00. The van der Waals surface area contributed by atoms with E-state index in [4.69, 9.17) is 9.47 Å². The Balaban J connectivity index is 3.23. The van der Waals surface area contributed by atoms with E-state index in [9.17, 15) is 36.0 Å². The molecule has 0 aromatic heterocycles. The van der Waals surface area contributed by atoms with Gasteiger partial charge in [0, 0.05) is 6.42 Å². The van der Waals surface area contributed by atoms with Crippen LogP contribution in [0.4, 0.5) is 18.0 Å². The molecule has 180 valence electrons. The zero-order valence-corrected chi connectivity index (χ0v) is 18.8. The first-order chi connectivity index (χ1) is 14.5. The second-order valence-electron chi connectivity index (χ2n) is 7.52. The van der Waals surface area contributed by atoms with Crippen molar-refractivity contribution in [1.82, 2.24) is 5.32 Å². The SMILES string of the molecule is CCOC(=O)[C@H](Cc1ccc(OS(=O)(=O)C(F)(F)F)c(C(C)=O)c1)NC(=O)OC(C)(C)C. The number of carbonyl (C=O) groups excluding carboxylic acids is 3. The number of ether oxygens (including phenoxy) is 2. The summed E-state index contributed by atoms with van der Waals surface area (Å²) in [5, 5.41) is 2.33. The number of alkyl halides is 3. The highest BCUT2D eigenvalue weighted by molar-refractivity contribution is 7.88. The third-order valence-corrected chi connectivity index (χ3v) is 4.57. The topological polar surface area (TPSA) is 125 Å². The average Bonchev–Trinajstić information content (AvgIpc) is 2.59. The lowest BCUT2D eigenvalue weighted by Crippen LogP contribution is -2.45. The first kappa shape index (κ1) is 27.2. The molecule has 32 heavy (non-hydrogen) atoms. The molecule has 0 aliphatic carbocycles. The monoisotopic (exact) mass is 483 g/mol. The van der Waals surface area contributed by atoms with E-state index in [2.05, 4.69) is 9.50 Å². The molecule has 0 saturated heterocycles. The van der Waals surface area contributed by atoms with Gasteiger partial charge in [0.25, 0.3) is 0 Å². The lowest BCUT2D eigenvalue weighted by molar-refractivity contribution is -0.145. The van der Waals surface area contributed by atoms with Crippen LogP contribution in [0.15, 0.2) is 18.2 Å². The normalized spacial score (nSPS) is 13.1. The second-order valence-corrected chi connectivity index (χ2v) is 9.06. The van der Waals surface area contributed by atoms with Gasteiger partial charge in [-0.1, -0.05) is 6.07 Å². The van der Waals surface area contributed by atoms with Gasteiger partial charge in [-0.15, -0.1) is 0 Å². The van der Waals surface area contributed by atoms with Crippen LogP contribution < -0.4 is 9.50 Å². The molecule has 1 atom stereocenters. The van der Waals surface area contributed by atoms with E-state index in [1.807, 2.05) is 0 Å². The van der Waals surface area contributed by atoms with Crippen LogP contribution in [-0.4, -0.2) is 50.0 Å². The number of Topliss-reactive ketones (excluding diaryl/α,β-unsaturated/α-hetero) is 1. The largest absolute Gasteiger partial charge is 0.534 e. The molecule has 0 unspecified atom stereocenters. The number of carbonyl (C=O) groups is 3. The molecule has 13 heteroatoms. The number of hydrogen-bond acceptors (Lipinski definition) is 8. The number of halogens is 3. The highest BCUT2D eigenvalue weighted by Gasteiger charge is 2.49. The molecule has 0 radical (unpaired) electrons. The summed E-state index contributed by atoms with van der Waals surface area (Å²) in [5.41, 5.74) is -6.79. The van der Waals surface area contributed by atoms with Gasteiger partial charge in [-0.2, -0.15) is 21.6 Å². The van der Waals surface area contributed by atoms with Crippen molar-refractivity contribution in [3.8, 4) is 5.75 Å². The average molecular weight is 483 g/mol. The Morgan fingerprint density at radius 1 is 1.12 bits per heavy atom. The zero-order valence-electron chi connectivity index (χ0n) is 18.0. The number of amides is 1. The van der Waals surface area contributed by atoms with Crippen molar-refractivity contribution in [2.24, 2.45) is 0 Å². The molecule has 1 aromatic rings. The van der Waals surface area contributed by atoms with Crippen molar-refractivity contribution in [3.63, 3.8) is 0 Å². The van der Waals surface area contributed by atoms with Crippen molar-refractivity contribution in [2.45, 2.75) is 58.2 Å². The Morgan fingerprint density at radius 3 is 2.19 bits per heavy atom. The number of nitrogens with one attached hydrogen (secondary N) is 1. The molecule has 1 rings (SSSR count). The Morgan fingerprint density at radius 2 is 1.72 bits per heavy atom. The molecule has 9 nitrogen and oxygen atoms in total. The predicted molar refractivity (Wildman–Crippen MR) is 106 cm³/mol. The first-order valence-electron chi connectivity index (χ1n) is 9.27. The second kappa shape index (κ2) is 10.2. The molecule has 1 N–H and O–H groups in total. The molecular weight excluding hydrogens is 459 g/mol. The van der Waals surface area contributed by atoms with Gasteiger partial charge in [-0.25, -0.2) is 9.59 Å². The van der Waals surface area contributed by atoms with E-state index in [-0.39, 0.29) is 18.6 Å². The number of alkyl carbamates (subject to hydrolysis) is 1. The van der Waals surface area contributed by atoms with E-state index in [0.29, 0.717) is 0 Å². The summed E-state index contributed by atoms with van der Waals surface area (Å²) < 4.78 is 74.4. The van der Waals surface area contributed by atoms with E-state index < -0.39 is 56.4 Å². The van der Waals surface area contributed by atoms with Crippen LogP contribution in [0.25, 0.3) is 0 Å². The number of hydrogen-bond donors (Lipinski definition) is 1. The van der Waals surface area contributed by atoms with Crippen molar-refractivity contribution >= 4 is 28.0 Å². The summed E-state index contributed by atoms with van der Waals surface area (Å²) in [6.07, 6.45) is -1.15. The van der Waals surface area contributed by atoms with E-state index >= 15 is 0 Å². The summed E-state index contributed by atoms with van der Waals surface area (Å²) in [6, 6.07) is 1.81. The molecule has 1 amide bonds. The van der Waals surface area contributed by atoms with Crippen LogP contribution in [0.5, 0.6) is 5.75 Å². The Kier molecular flexibility index (Phi) is 8.66. The standard InChI is InChI=1S/C19H24F3NO8S/c1-6-29-16(25)14(23-17(26)30-18(3,4)5)10-12-7-8-15(13(9-12)11(2)24)31-32(27,28)19(20,21)22/h7-9,14H,6,10H2,1-5H3,(H,23,26)/t14-/m0/s1. The zero-order chi connectivity index (χ0) is 24.9. The molecule has 1 aromatic carbocycles. The fourth-order valence-corrected chi connectivity index (χ4v) is 2.82. The molecule has 0 aliphatic rings. The highest BCUT2D eigenvalue weighted by atomic mass is 32.2. The van der Waals surface area contributed by atoms with Crippen LogP contribution in [-0.2, 0) is 30.8 Å². The van der Waals surface area contributed by atoms with E-state index in [0.717, 1.165) is 25.1 Å². The Bertz CT molecular complexity index is 968. The van der Waals surface area contributed by atoms with Crippen LogP contribution in [0.1, 0.15) is 50.5 Å². The van der Waals surface area contributed by atoms with Crippen molar-refractivity contribution < 1.29 is 49.6 Å². The summed E-state index contributed by atoms with van der Waals surface area (Å²) in [4.78, 5) is 36.2. The van der Waals surface area contributed by atoms with Gasteiger partial charge in [-0.05, 0) is 52.3 Å². The minimum atomic E-state index is -6.00. The molecule has 0 heterocycles. The van der Waals surface area contributed by atoms with Gasteiger partial charge in [0.2, 0.25) is 0 Å². The van der Waals surface area contributed by atoms with Crippen LogP contribution >= 0.6 is 0 Å². The van der Waals surface area contributed by atoms with Crippen LogP contribution in [0.3, 0.4) is 0 Å². The van der Waals surface area contributed by atoms with Crippen molar-refractivity contribution in [3.05, 3.63) is 29.3 Å². The van der Waals surface area contributed by atoms with Gasteiger partial charge in [0.05, 0.1) is 12.2 Å². The maximum absolute atomic E-state index is 12.6. The summed E-state index contributed by atoms with van der Waals surface area (Å²) in [6.45, 7) is 7.38. The Hall–Kier alpha value is -2.83. The number of benzene rings is 1. The van der Waals surface area contributed by atoms with Gasteiger partial charge in [-0.3, -0.25) is 4.79 Å². The van der Waals surface area contributed by atoms with Gasteiger partial charge >= 0.3 is 27.7 Å². The molecule has 0 spiro atoms. The molecular formula is C19H24F3NO8S. The van der Waals surface area contributed by atoms with Crippen molar-refractivity contribution in [2.75, 3.05) is 6.61 Å². The number of ketones is 1. The van der Waals surface area contributed by atoms with Crippen molar-refractivity contribution in [1.29, 1.82) is 0 Å². The highest BCUT2D eigenvalue weighted by Crippen LogP contribution is 2.30. The van der Waals surface area contributed by atoms with Gasteiger partial charge in [0.1, 0.15) is 11.6 Å². The third-order valence-electron chi connectivity index (χ3n) is 3.61. The quantitative estimate of drug-likeness (QED) is 0.259. The number of rotatable bonds is 8. The smallest absolute Gasteiger partial charge is 0.464 e. The predicted octanol–water partition coefficient (Wildman–Crippen LogP) is 3.12. The van der Waals surface area contributed by atoms with Gasteiger partial charge < -0.3 is 19.0 Å². The van der Waals surface area contributed by atoms with E-state index in [1.165, 1.54) is 0 Å². The summed E-state index contributed by atoms with van der Waals surface area (Å²) in [5.74, 6) is -2.43. The van der Waals surface area contributed by atoms with E-state index in [1.54, 1.807) is 27.7 Å². The molecule has 0 bridgehead atoms. The van der Waals surface area contributed by atoms with Crippen LogP contribution in [0.2, 0.25) is 0 Å². The number of esters is 1. The van der Waals surface area contributed by atoms with Gasteiger partial charge in [0.15, 0.2) is 11.5 Å². The molecule has 0 fully saturated rings. The minimum Gasteiger partial charge on any atom is -0.464 e. The lowest BCUT2D eigenvalue weighted by Gasteiger charge is -2.23. The Labute approximate surface area is 183 Å². The minimum absolute atomic E-state index is 0.00606. The fourth-order valence-electron chi connectivity index (χ4n) is 2.34.